The Labute approximate surface area is 64.5 Å². The van der Waals surface area contributed by atoms with Crippen molar-refractivity contribution < 1.29 is 4.74 Å². The van der Waals surface area contributed by atoms with Gasteiger partial charge in [-0.15, -0.1) is 23.2 Å². The molecule has 0 aliphatic carbocycles. The molecule has 0 aromatic heterocycles. The molecular weight excluding hydrogens is 161 g/mol. The molecule has 0 amide bonds. The molecule has 0 radical (unpaired) electrons. The van der Waals surface area contributed by atoms with Crippen LogP contribution in [0.2, 0.25) is 0 Å². The summed E-state index contributed by atoms with van der Waals surface area (Å²) in [5, 5.41) is 3.08. The Morgan fingerprint density at radius 1 is 1.44 bits per heavy atom. The number of nitrogens with one attached hydrogen (secondary N) is 1. The summed E-state index contributed by atoms with van der Waals surface area (Å²) in [7, 11) is 0. The zero-order valence-electron chi connectivity index (χ0n) is 4.99. The third-order valence-electron chi connectivity index (χ3n) is 1.36. The molecule has 1 aliphatic heterocycles. The molecule has 9 heavy (non-hydrogen) atoms. The second kappa shape index (κ2) is 3.06. The number of hydrogen-bond acceptors (Lipinski definition) is 2. The quantitative estimate of drug-likeness (QED) is 0.618. The topological polar surface area (TPSA) is 21.3 Å². The third kappa shape index (κ3) is 1.49. The molecule has 2 nitrogen and oxygen atoms in total. The summed E-state index contributed by atoms with van der Waals surface area (Å²) in [4.78, 5) is 0. The molecule has 0 saturated carbocycles. The van der Waals surface area contributed by atoms with E-state index < -0.39 is 5.72 Å². The molecule has 4 heteroatoms. The molecule has 0 spiro atoms. The van der Waals surface area contributed by atoms with E-state index in [4.69, 9.17) is 27.9 Å². The van der Waals surface area contributed by atoms with Gasteiger partial charge >= 0.3 is 0 Å². The average molecular weight is 170 g/mol. The summed E-state index contributed by atoms with van der Waals surface area (Å²) in [6, 6.07) is 0. The van der Waals surface area contributed by atoms with Gasteiger partial charge in [0.1, 0.15) is 5.72 Å². The van der Waals surface area contributed by atoms with Crippen molar-refractivity contribution in [2.75, 3.05) is 24.9 Å². The molecule has 0 unspecified atom stereocenters. The first kappa shape index (κ1) is 7.61. The van der Waals surface area contributed by atoms with Gasteiger partial charge in [-0.25, -0.2) is 0 Å². The fourth-order valence-electron chi connectivity index (χ4n) is 0.784. The van der Waals surface area contributed by atoms with Crippen LogP contribution in [0.3, 0.4) is 0 Å². The normalized spacial score (nSPS) is 24.7. The van der Waals surface area contributed by atoms with Crippen LogP contribution in [-0.4, -0.2) is 30.6 Å². The molecule has 1 N–H and O–H groups in total. The Bertz CT molecular complexity index is 87.0. The van der Waals surface area contributed by atoms with E-state index in [0.717, 1.165) is 6.54 Å². The van der Waals surface area contributed by atoms with Crippen molar-refractivity contribution in [3.8, 4) is 0 Å². The summed E-state index contributed by atoms with van der Waals surface area (Å²) in [5.74, 6) is 0.826. The Morgan fingerprint density at radius 3 is 2.33 bits per heavy atom. The van der Waals surface area contributed by atoms with Gasteiger partial charge in [-0.05, 0) is 0 Å². The van der Waals surface area contributed by atoms with Crippen molar-refractivity contribution in [3.05, 3.63) is 0 Å². The third-order valence-corrected chi connectivity index (χ3v) is 2.22. The van der Waals surface area contributed by atoms with Gasteiger partial charge in [0.2, 0.25) is 0 Å². The maximum atomic E-state index is 5.59. The zero-order chi connectivity index (χ0) is 6.74. The lowest BCUT2D eigenvalue weighted by atomic mass is 10.3. The van der Waals surface area contributed by atoms with Gasteiger partial charge in [0.05, 0.1) is 18.4 Å². The lowest BCUT2D eigenvalue weighted by Gasteiger charge is -2.22. The second-order valence-corrected chi connectivity index (χ2v) is 2.57. The summed E-state index contributed by atoms with van der Waals surface area (Å²) in [6.07, 6.45) is 0. The fourth-order valence-corrected chi connectivity index (χ4v) is 1.41. The second-order valence-electron chi connectivity index (χ2n) is 2.04. The molecule has 0 aromatic carbocycles. The van der Waals surface area contributed by atoms with Crippen molar-refractivity contribution in [3.63, 3.8) is 0 Å². The highest BCUT2D eigenvalue weighted by atomic mass is 35.5. The van der Waals surface area contributed by atoms with Gasteiger partial charge in [-0.1, -0.05) is 0 Å². The first-order valence-corrected chi connectivity index (χ1v) is 3.91. The maximum absolute atomic E-state index is 5.59. The van der Waals surface area contributed by atoms with Gasteiger partial charge in [0.15, 0.2) is 0 Å². The minimum atomic E-state index is -0.441. The predicted octanol–water partition coefficient (Wildman–Crippen LogP) is 0.780. The Kier molecular flexibility index (Phi) is 2.59. The van der Waals surface area contributed by atoms with Crippen LogP contribution >= 0.6 is 23.2 Å². The molecule has 1 heterocycles. The monoisotopic (exact) mass is 169 g/mol. The van der Waals surface area contributed by atoms with Crippen molar-refractivity contribution in [2.45, 2.75) is 5.72 Å². The van der Waals surface area contributed by atoms with E-state index in [2.05, 4.69) is 5.32 Å². The van der Waals surface area contributed by atoms with E-state index in [1.54, 1.807) is 0 Å². The summed E-state index contributed by atoms with van der Waals surface area (Å²) in [5.41, 5.74) is -0.441. The predicted molar refractivity (Wildman–Crippen MR) is 38.1 cm³/mol. The fraction of sp³-hybridized carbons (Fsp3) is 1.00. The van der Waals surface area contributed by atoms with Crippen LogP contribution in [-0.2, 0) is 4.74 Å². The summed E-state index contributed by atoms with van der Waals surface area (Å²) >= 11 is 11.2. The van der Waals surface area contributed by atoms with Crippen molar-refractivity contribution in [1.29, 1.82) is 0 Å². The van der Waals surface area contributed by atoms with Crippen LogP contribution in [0.5, 0.6) is 0 Å². The number of halogens is 2. The standard InChI is InChI=1S/C5H9Cl2NO/c6-3-5(4-7)8-1-2-9-5/h8H,1-4H2. The lowest BCUT2D eigenvalue weighted by molar-refractivity contribution is 0.0295. The van der Waals surface area contributed by atoms with E-state index >= 15 is 0 Å². The van der Waals surface area contributed by atoms with Crippen LogP contribution in [0.1, 0.15) is 0 Å². The van der Waals surface area contributed by atoms with E-state index in [1.807, 2.05) is 0 Å². The molecule has 1 rings (SSSR count). The van der Waals surface area contributed by atoms with E-state index in [1.165, 1.54) is 0 Å². The SMILES string of the molecule is ClCC1(CCl)NCCO1. The average Bonchev–Trinajstić information content (AvgIpc) is 2.36. The first-order chi connectivity index (χ1) is 4.33. The molecule has 0 aromatic rings. The van der Waals surface area contributed by atoms with Crippen molar-refractivity contribution in [1.82, 2.24) is 5.32 Å². The van der Waals surface area contributed by atoms with Crippen LogP contribution < -0.4 is 5.32 Å². The van der Waals surface area contributed by atoms with E-state index in [0.29, 0.717) is 18.4 Å². The zero-order valence-corrected chi connectivity index (χ0v) is 6.50. The van der Waals surface area contributed by atoms with Gasteiger partial charge < -0.3 is 4.74 Å². The first-order valence-electron chi connectivity index (χ1n) is 2.84. The Hall–Kier alpha value is 0.500. The molecule has 54 valence electrons. The van der Waals surface area contributed by atoms with Crippen molar-refractivity contribution in [2.24, 2.45) is 0 Å². The smallest absolute Gasteiger partial charge is 0.146 e. The highest BCUT2D eigenvalue weighted by molar-refractivity contribution is 6.21. The van der Waals surface area contributed by atoms with Crippen LogP contribution in [0.25, 0.3) is 0 Å². The highest BCUT2D eigenvalue weighted by Crippen LogP contribution is 2.15. The lowest BCUT2D eigenvalue weighted by Crippen LogP contribution is -2.44. The minimum Gasteiger partial charge on any atom is -0.357 e. The minimum absolute atomic E-state index is 0.413. The highest BCUT2D eigenvalue weighted by Gasteiger charge is 2.32. The molecule has 1 aliphatic rings. The van der Waals surface area contributed by atoms with Crippen LogP contribution in [0.15, 0.2) is 0 Å². The Morgan fingerprint density at radius 2 is 2.11 bits per heavy atom. The maximum Gasteiger partial charge on any atom is 0.146 e. The van der Waals surface area contributed by atoms with Crippen LogP contribution in [0.4, 0.5) is 0 Å². The van der Waals surface area contributed by atoms with E-state index in [9.17, 15) is 0 Å². The Balaban J connectivity index is 2.45. The molecule has 1 fully saturated rings. The molecule has 0 atom stereocenters. The van der Waals surface area contributed by atoms with Gasteiger partial charge in [-0.2, -0.15) is 0 Å². The van der Waals surface area contributed by atoms with Crippen molar-refractivity contribution >= 4 is 23.2 Å². The number of hydrogen-bond donors (Lipinski definition) is 1. The van der Waals surface area contributed by atoms with Gasteiger partial charge in [-0.3, -0.25) is 5.32 Å². The van der Waals surface area contributed by atoms with Gasteiger partial charge in [0, 0.05) is 6.54 Å². The molecule has 0 bridgehead atoms. The van der Waals surface area contributed by atoms with Crippen LogP contribution in [0, 0.1) is 0 Å². The van der Waals surface area contributed by atoms with E-state index in [-0.39, 0.29) is 0 Å². The number of rotatable bonds is 2. The number of alkyl halides is 2. The van der Waals surface area contributed by atoms with Gasteiger partial charge in [0.25, 0.3) is 0 Å². The summed E-state index contributed by atoms with van der Waals surface area (Å²) in [6.45, 7) is 1.55. The number of ether oxygens (including phenoxy) is 1. The summed E-state index contributed by atoms with van der Waals surface area (Å²) < 4.78 is 5.26. The molecular formula is C5H9Cl2NO. The molecule has 1 saturated heterocycles. The largest absolute Gasteiger partial charge is 0.357 e.